The van der Waals surface area contributed by atoms with Crippen molar-refractivity contribution in [3.63, 3.8) is 0 Å². The van der Waals surface area contributed by atoms with E-state index in [1.807, 2.05) is 48.2 Å². The summed E-state index contributed by atoms with van der Waals surface area (Å²) in [6.45, 7) is 4.20. The maximum atomic E-state index is 12.4. The number of piperazine rings is 1. The summed E-state index contributed by atoms with van der Waals surface area (Å²) in [5, 5.41) is 0. The van der Waals surface area contributed by atoms with Crippen molar-refractivity contribution in [2.24, 2.45) is 0 Å². The number of carbonyl (C=O) groups is 2. The lowest BCUT2D eigenvalue weighted by atomic mass is 10.1. The summed E-state index contributed by atoms with van der Waals surface area (Å²) in [6, 6.07) is 7.55. The second kappa shape index (κ2) is 8.91. The number of hydrogen-bond donors (Lipinski definition) is 0. The molecule has 2 rings (SSSR count). The van der Waals surface area contributed by atoms with Crippen molar-refractivity contribution in [1.29, 1.82) is 0 Å². The van der Waals surface area contributed by atoms with Crippen LogP contribution in [0.2, 0.25) is 0 Å². The normalized spacial score (nSPS) is 15.2. The van der Waals surface area contributed by atoms with E-state index in [4.69, 9.17) is 4.74 Å². The molecular weight excluding hydrogens is 304 g/mol. The summed E-state index contributed by atoms with van der Waals surface area (Å²) in [5.41, 5.74) is 0.937. The average molecular weight is 328 g/mol. The van der Waals surface area contributed by atoms with Crippen LogP contribution in [0.15, 0.2) is 48.6 Å². The summed E-state index contributed by atoms with van der Waals surface area (Å²) in [5.74, 6) is 0.830. The number of rotatable bonds is 5. The summed E-state index contributed by atoms with van der Waals surface area (Å²) >= 11 is 0. The van der Waals surface area contributed by atoms with Gasteiger partial charge in [0.1, 0.15) is 5.75 Å². The third-order valence-electron chi connectivity index (χ3n) is 3.98. The molecule has 0 aliphatic carbocycles. The van der Waals surface area contributed by atoms with Crippen LogP contribution in [-0.4, -0.2) is 54.9 Å². The zero-order valence-electron chi connectivity index (χ0n) is 14.3. The van der Waals surface area contributed by atoms with Gasteiger partial charge in [0.15, 0.2) is 0 Å². The lowest BCUT2D eigenvalue weighted by molar-refractivity contribution is -0.136. The second-order valence-electron chi connectivity index (χ2n) is 5.62. The summed E-state index contributed by atoms with van der Waals surface area (Å²) in [6.07, 6.45) is 7.35. The summed E-state index contributed by atoms with van der Waals surface area (Å²) in [4.78, 5) is 28.0. The van der Waals surface area contributed by atoms with Crippen LogP contribution in [0.4, 0.5) is 0 Å². The smallest absolute Gasteiger partial charge is 0.246 e. The zero-order chi connectivity index (χ0) is 17.4. The van der Waals surface area contributed by atoms with Crippen molar-refractivity contribution >= 4 is 11.8 Å². The molecule has 1 aromatic rings. The van der Waals surface area contributed by atoms with Crippen LogP contribution in [0.3, 0.4) is 0 Å². The van der Waals surface area contributed by atoms with Crippen molar-refractivity contribution < 1.29 is 14.3 Å². The molecule has 128 valence electrons. The number of allylic oxidation sites excluding steroid dienone is 3. The van der Waals surface area contributed by atoms with Crippen LogP contribution in [0.25, 0.3) is 0 Å². The molecule has 1 saturated heterocycles. The monoisotopic (exact) mass is 328 g/mol. The molecule has 0 atom stereocenters. The molecular formula is C19H24N2O3. The van der Waals surface area contributed by atoms with Crippen molar-refractivity contribution in [2.45, 2.75) is 13.3 Å². The molecule has 0 aromatic heterocycles. The average Bonchev–Trinajstić information content (AvgIpc) is 2.62. The minimum Gasteiger partial charge on any atom is -0.497 e. The van der Waals surface area contributed by atoms with Crippen molar-refractivity contribution in [3.05, 3.63) is 54.1 Å². The molecule has 0 N–H and O–H groups in total. The molecule has 0 radical (unpaired) electrons. The Bertz CT molecular complexity index is 629. The van der Waals surface area contributed by atoms with E-state index < -0.39 is 0 Å². The van der Waals surface area contributed by atoms with E-state index in [0.717, 1.165) is 11.3 Å². The molecule has 5 heteroatoms. The van der Waals surface area contributed by atoms with Gasteiger partial charge in [-0.1, -0.05) is 30.4 Å². The van der Waals surface area contributed by atoms with Crippen LogP contribution in [0, 0.1) is 0 Å². The summed E-state index contributed by atoms with van der Waals surface area (Å²) in [7, 11) is 1.61. The number of methoxy groups -OCH3 is 1. The van der Waals surface area contributed by atoms with Gasteiger partial charge >= 0.3 is 0 Å². The number of carbonyl (C=O) groups excluding carboxylic acids is 2. The van der Waals surface area contributed by atoms with Crippen LogP contribution in [-0.2, 0) is 16.0 Å². The van der Waals surface area contributed by atoms with Gasteiger partial charge in [0.2, 0.25) is 11.8 Å². The predicted molar refractivity (Wildman–Crippen MR) is 93.8 cm³/mol. The maximum Gasteiger partial charge on any atom is 0.246 e. The highest BCUT2D eigenvalue weighted by molar-refractivity contribution is 5.88. The highest BCUT2D eigenvalue weighted by atomic mass is 16.5. The van der Waals surface area contributed by atoms with Gasteiger partial charge in [-0.2, -0.15) is 0 Å². The van der Waals surface area contributed by atoms with Crippen molar-refractivity contribution in [3.8, 4) is 5.75 Å². The number of nitrogens with zero attached hydrogens (tertiary/aromatic N) is 2. The van der Waals surface area contributed by atoms with Gasteiger partial charge in [0.05, 0.1) is 13.5 Å². The van der Waals surface area contributed by atoms with E-state index in [1.165, 1.54) is 0 Å². The highest BCUT2D eigenvalue weighted by Gasteiger charge is 2.23. The lowest BCUT2D eigenvalue weighted by Gasteiger charge is -2.34. The maximum absolute atomic E-state index is 12.4. The van der Waals surface area contributed by atoms with E-state index in [2.05, 4.69) is 0 Å². The zero-order valence-corrected chi connectivity index (χ0v) is 14.3. The molecule has 24 heavy (non-hydrogen) atoms. The Morgan fingerprint density at radius 1 is 1.12 bits per heavy atom. The van der Waals surface area contributed by atoms with Crippen molar-refractivity contribution in [2.75, 3.05) is 33.3 Å². The Morgan fingerprint density at radius 2 is 1.83 bits per heavy atom. The largest absolute Gasteiger partial charge is 0.497 e. The van der Waals surface area contributed by atoms with Crippen LogP contribution >= 0.6 is 0 Å². The second-order valence-corrected chi connectivity index (χ2v) is 5.62. The van der Waals surface area contributed by atoms with Crippen LogP contribution < -0.4 is 4.74 Å². The Morgan fingerprint density at radius 3 is 2.50 bits per heavy atom. The minimum atomic E-state index is -0.00649. The first-order valence-electron chi connectivity index (χ1n) is 8.13. The molecule has 1 heterocycles. The van der Waals surface area contributed by atoms with E-state index in [0.29, 0.717) is 32.6 Å². The van der Waals surface area contributed by atoms with E-state index in [1.54, 1.807) is 24.2 Å². The first-order valence-corrected chi connectivity index (χ1v) is 8.13. The molecule has 1 aliphatic rings. The standard InChI is InChI=1S/C19H24N2O3/c1-3-4-5-9-18(22)20-10-12-21(13-11-20)19(23)15-16-7-6-8-17(14-16)24-2/h3-9,14H,10-13,15H2,1-2H3. The molecule has 1 aliphatic heterocycles. The van der Waals surface area contributed by atoms with Crippen molar-refractivity contribution in [1.82, 2.24) is 9.80 Å². The topological polar surface area (TPSA) is 49.9 Å². The van der Waals surface area contributed by atoms with Gasteiger partial charge in [-0.25, -0.2) is 0 Å². The molecule has 1 fully saturated rings. The Balaban J connectivity index is 1.85. The van der Waals surface area contributed by atoms with Gasteiger partial charge in [0.25, 0.3) is 0 Å². The third-order valence-corrected chi connectivity index (χ3v) is 3.98. The fraction of sp³-hybridized carbons (Fsp3) is 0.368. The number of benzene rings is 1. The Hall–Kier alpha value is -2.56. The van der Waals surface area contributed by atoms with Crippen LogP contribution in [0.5, 0.6) is 5.75 Å². The first kappa shape index (κ1) is 17.8. The van der Waals surface area contributed by atoms with Gasteiger partial charge in [-0.05, 0) is 24.6 Å². The molecule has 1 aromatic carbocycles. The SMILES string of the molecule is CC=CC=CC(=O)N1CCN(C(=O)Cc2cccc(OC)c2)CC1. The molecule has 5 nitrogen and oxygen atoms in total. The quantitative estimate of drug-likeness (QED) is 0.614. The minimum absolute atomic E-state index is 0.00649. The number of amides is 2. The van der Waals surface area contributed by atoms with Gasteiger partial charge in [-0.3, -0.25) is 9.59 Å². The number of hydrogen-bond acceptors (Lipinski definition) is 3. The first-order chi connectivity index (χ1) is 11.6. The molecule has 2 amide bonds. The number of ether oxygens (including phenoxy) is 1. The van der Waals surface area contributed by atoms with Crippen LogP contribution in [0.1, 0.15) is 12.5 Å². The van der Waals surface area contributed by atoms with E-state index in [-0.39, 0.29) is 11.8 Å². The highest BCUT2D eigenvalue weighted by Crippen LogP contribution is 2.14. The molecule has 0 unspecified atom stereocenters. The molecule has 0 spiro atoms. The predicted octanol–water partition coefficient (Wildman–Crippen LogP) is 2.04. The van der Waals surface area contributed by atoms with Gasteiger partial charge in [0, 0.05) is 32.3 Å². The van der Waals surface area contributed by atoms with E-state index in [9.17, 15) is 9.59 Å². The fourth-order valence-electron chi connectivity index (χ4n) is 2.60. The third kappa shape index (κ3) is 4.98. The Kier molecular flexibility index (Phi) is 6.61. The lowest BCUT2D eigenvalue weighted by Crippen LogP contribution is -2.50. The Labute approximate surface area is 143 Å². The molecule has 0 bridgehead atoms. The van der Waals surface area contributed by atoms with E-state index >= 15 is 0 Å². The van der Waals surface area contributed by atoms with Gasteiger partial charge in [-0.15, -0.1) is 0 Å². The molecule has 0 saturated carbocycles. The summed E-state index contributed by atoms with van der Waals surface area (Å²) < 4.78 is 5.18. The van der Waals surface area contributed by atoms with Gasteiger partial charge < -0.3 is 14.5 Å². The fourth-order valence-corrected chi connectivity index (χ4v) is 2.60.